The van der Waals surface area contributed by atoms with E-state index in [4.69, 9.17) is 5.11 Å². The van der Waals surface area contributed by atoms with Gasteiger partial charge in [0, 0.05) is 36.1 Å². The Morgan fingerprint density at radius 1 is 1.30 bits per heavy atom. The summed E-state index contributed by atoms with van der Waals surface area (Å²) in [5.74, 6) is -1.33. The summed E-state index contributed by atoms with van der Waals surface area (Å²) in [6.07, 6.45) is 3.37. The van der Waals surface area contributed by atoms with Crippen LogP contribution in [0.5, 0.6) is 0 Å². The summed E-state index contributed by atoms with van der Waals surface area (Å²) in [7, 11) is 0. The molecule has 0 fully saturated rings. The molecule has 1 N–H and O–H groups in total. The molecule has 1 aromatic heterocycles. The molecule has 0 saturated carbocycles. The number of nitrogens with zero attached hydrogens (tertiary/aromatic N) is 2. The summed E-state index contributed by atoms with van der Waals surface area (Å²) in [5.41, 5.74) is 1.25. The number of hydrogen-bond donors (Lipinski definition) is 1. The van der Waals surface area contributed by atoms with Gasteiger partial charge in [0.15, 0.2) is 0 Å². The number of pyridine rings is 1. The van der Waals surface area contributed by atoms with E-state index in [0.29, 0.717) is 6.54 Å². The van der Waals surface area contributed by atoms with Crippen LogP contribution >= 0.6 is 0 Å². The van der Waals surface area contributed by atoms with Gasteiger partial charge < -0.3 is 10.0 Å². The fraction of sp³-hybridized carbons (Fsp3) is 0.400. The molecular weight excluding hydrogens is 256 g/mol. The Morgan fingerprint density at radius 3 is 2.40 bits per heavy atom. The standard InChI is InChI=1S/C15H20N2O3/c1-10(2)17(9-13-6-5-7-16-8-13)14(18)11(3)12(4)15(19)20/h5-8,10H,9H2,1-4H3,(H,19,20). The largest absolute Gasteiger partial charge is 0.478 e. The molecule has 0 saturated heterocycles. The van der Waals surface area contributed by atoms with Crippen LogP contribution in [-0.2, 0) is 16.1 Å². The molecule has 0 unspecified atom stereocenters. The van der Waals surface area contributed by atoms with Crippen molar-refractivity contribution in [1.82, 2.24) is 9.88 Å². The van der Waals surface area contributed by atoms with Gasteiger partial charge in [-0.3, -0.25) is 9.78 Å². The predicted octanol–water partition coefficient (Wildman–Crippen LogP) is 2.24. The van der Waals surface area contributed by atoms with Crippen molar-refractivity contribution in [3.05, 3.63) is 41.2 Å². The fourth-order valence-electron chi connectivity index (χ4n) is 1.71. The van der Waals surface area contributed by atoms with Crippen LogP contribution in [-0.4, -0.2) is 32.9 Å². The first-order valence-electron chi connectivity index (χ1n) is 6.45. The lowest BCUT2D eigenvalue weighted by atomic mass is 10.1. The normalized spacial score (nSPS) is 12.1. The number of rotatable bonds is 5. The number of carbonyl (C=O) groups is 2. The molecule has 1 aromatic rings. The highest BCUT2D eigenvalue weighted by Gasteiger charge is 2.21. The van der Waals surface area contributed by atoms with Crippen molar-refractivity contribution in [1.29, 1.82) is 0 Å². The molecular formula is C15H20N2O3. The second kappa shape index (κ2) is 6.84. The van der Waals surface area contributed by atoms with Crippen molar-refractivity contribution in [2.45, 2.75) is 40.3 Å². The molecule has 5 nitrogen and oxygen atoms in total. The van der Waals surface area contributed by atoms with Gasteiger partial charge in [-0.25, -0.2) is 4.79 Å². The molecule has 1 amide bonds. The third-order valence-electron chi connectivity index (χ3n) is 3.16. The fourth-order valence-corrected chi connectivity index (χ4v) is 1.71. The Bertz CT molecular complexity index is 521. The summed E-state index contributed by atoms with van der Waals surface area (Å²) in [4.78, 5) is 29.0. The molecule has 1 heterocycles. The van der Waals surface area contributed by atoms with Crippen molar-refractivity contribution in [3.63, 3.8) is 0 Å². The maximum Gasteiger partial charge on any atom is 0.331 e. The molecule has 0 aliphatic heterocycles. The van der Waals surface area contributed by atoms with E-state index in [-0.39, 0.29) is 23.1 Å². The van der Waals surface area contributed by atoms with Crippen molar-refractivity contribution in [3.8, 4) is 0 Å². The lowest BCUT2D eigenvalue weighted by Crippen LogP contribution is -2.37. The molecule has 20 heavy (non-hydrogen) atoms. The third kappa shape index (κ3) is 3.91. The van der Waals surface area contributed by atoms with E-state index < -0.39 is 5.97 Å². The molecule has 0 aliphatic rings. The van der Waals surface area contributed by atoms with E-state index in [1.807, 2.05) is 26.0 Å². The number of carbonyl (C=O) groups excluding carboxylic acids is 1. The van der Waals surface area contributed by atoms with E-state index in [9.17, 15) is 9.59 Å². The van der Waals surface area contributed by atoms with Crippen molar-refractivity contribution in [2.24, 2.45) is 0 Å². The SMILES string of the molecule is CC(C(=O)O)=C(C)C(=O)N(Cc1cccnc1)C(C)C. The van der Waals surface area contributed by atoms with Gasteiger partial charge in [-0.15, -0.1) is 0 Å². The Balaban J connectivity index is 3.01. The van der Waals surface area contributed by atoms with E-state index in [1.54, 1.807) is 24.2 Å². The minimum Gasteiger partial charge on any atom is -0.478 e. The van der Waals surface area contributed by atoms with Crippen LogP contribution in [0.1, 0.15) is 33.3 Å². The summed E-state index contributed by atoms with van der Waals surface area (Å²) < 4.78 is 0. The third-order valence-corrected chi connectivity index (χ3v) is 3.16. The van der Waals surface area contributed by atoms with Crippen LogP contribution < -0.4 is 0 Å². The van der Waals surface area contributed by atoms with Gasteiger partial charge in [0.25, 0.3) is 5.91 Å². The van der Waals surface area contributed by atoms with Crippen molar-refractivity contribution >= 4 is 11.9 Å². The molecule has 0 bridgehead atoms. The van der Waals surface area contributed by atoms with Gasteiger partial charge in [0.2, 0.25) is 0 Å². The first kappa shape index (κ1) is 15.9. The molecule has 108 valence electrons. The first-order valence-corrected chi connectivity index (χ1v) is 6.45. The van der Waals surface area contributed by atoms with Crippen LogP contribution in [0, 0.1) is 0 Å². The van der Waals surface area contributed by atoms with Crippen LogP contribution in [0.3, 0.4) is 0 Å². The van der Waals surface area contributed by atoms with Gasteiger partial charge in [-0.1, -0.05) is 6.07 Å². The second-order valence-corrected chi connectivity index (χ2v) is 4.94. The second-order valence-electron chi connectivity index (χ2n) is 4.94. The maximum atomic E-state index is 12.4. The number of carboxylic acids is 1. The topological polar surface area (TPSA) is 70.5 Å². The van der Waals surface area contributed by atoms with Gasteiger partial charge in [0.05, 0.1) is 0 Å². The van der Waals surface area contributed by atoms with Gasteiger partial charge >= 0.3 is 5.97 Å². The molecule has 0 radical (unpaired) electrons. The van der Waals surface area contributed by atoms with E-state index >= 15 is 0 Å². The molecule has 0 spiro atoms. The van der Waals surface area contributed by atoms with Gasteiger partial charge in [0.1, 0.15) is 0 Å². The monoisotopic (exact) mass is 276 g/mol. The predicted molar refractivity (Wildman–Crippen MR) is 75.9 cm³/mol. The highest BCUT2D eigenvalue weighted by molar-refractivity contribution is 6.01. The highest BCUT2D eigenvalue weighted by Crippen LogP contribution is 2.14. The average Bonchev–Trinajstić information content (AvgIpc) is 2.43. The zero-order valence-corrected chi connectivity index (χ0v) is 12.3. The first-order chi connectivity index (χ1) is 9.34. The van der Waals surface area contributed by atoms with Crippen LogP contribution in [0.2, 0.25) is 0 Å². The van der Waals surface area contributed by atoms with Gasteiger partial charge in [-0.05, 0) is 39.3 Å². The minimum atomic E-state index is -1.07. The number of carboxylic acid groups (broad SMARTS) is 1. The van der Waals surface area contributed by atoms with E-state index in [1.165, 1.54) is 6.92 Å². The smallest absolute Gasteiger partial charge is 0.331 e. The van der Waals surface area contributed by atoms with Crippen LogP contribution in [0.25, 0.3) is 0 Å². The molecule has 0 aliphatic carbocycles. The Hall–Kier alpha value is -2.17. The average molecular weight is 276 g/mol. The lowest BCUT2D eigenvalue weighted by Gasteiger charge is -2.27. The van der Waals surface area contributed by atoms with E-state index in [2.05, 4.69) is 4.98 Å². The van der Waals surface area contributed by atoms with Gasteiger partial charge in [-0.2, -0.15) is 0 Å². The number of aromatic nitrogens is 1. The molecule has 5 heteroatoms. The Morgan fingerprint density at radius 2 is 1.95 bits per heavy atom. The molecule has 0 aromatic carbocycles. The number of hydrogen-bond acceptors (Lipinski definition) is 3. The van der Waals surface area contributed by atoms with Crippen molar-refractivity contribution < 1.29 is 14.7 Å². The quantitative estimate of drug-likeness (QED) is 0.837. The summed E-state index contributed by atoms with van der Waals surface area (Å²) >= 11 is 0. The summed E-state index contributed by atoms with van der Waals surface area (Å²) in [5, 5.41) is 8.97. The Labute approximate surface area is 118 Å². The summed E-state index contributed by atoms with van der Waals surface area (Å²) in [6.45, 7) is 7.20. The van der Waals surface area contributed by atoms with E-state index in [0.717, 1.165) is 5.56 Å². The molecule has 1 rings (SSSR count). The number of amides is 1. The molecule has 0 atom stereocenters. The lowest BCUT2D eigenvalue weighted by molar-refractivity contribution is -0.134. The van der Waals surface area contributed by atoms with Crippen LogP contribution in [0.15, 0.2) is 35.7 Å². The van der Waals surface area contributed by atoms with Crippen LogP contribution in [0.4, 0.5) is 0 Å². The zero-order valence-electron chi connectivity index (χ0n) is 12.3. The number of aliphatic carboxylic acids is 1. The Kier molecular flexibility index (Phi) is 5.43. The summed E-state index contributed by atoms with van der Waals surface area (Å²) in [6, 6.07) is 3.67. The maximum absolute atomic E-state index is 12.4. The zero-order chi connectivity index (χ0) is 15.3. The highest BCUT2D eigenvalue weighted by atomic mass is 16.4. The minimum absolute atomic E-state index is 0.0285. The van der Waals surface area contributed by atoms with Crippen molar-refractivity contribution in [2.75, 3.05) is 0 Å².